The lowest BCUT2D eigenvalue weighted by molar-refractivity contribution is -0.116. The van der Waals surface area contributed by atoms with Gasteiger partial charge < -0.3 is 5.32 Å². The summed E-state index contributed by atoms with van der Waals surface area (Å²) in [4.78, 5) is 24.8. The summed E-state index contributed by atoms with van der Waals surface area (Å²) >= 11 is 13.0. The molecule has 0 aliphatic heterocycles. The normalized spacial score (nSPS) is 12.7. The second-order valence-corrected chi connectivity index (χ2v) is 10.3. The zero-order valence-electron chi connectivity index (χ0n) is 16.3. The molecule has 0 spiro atoms. The van der Waals surface area contributed by atoms with Crippen LogP contribution in [0.2, 0.25) is 10.0 Å². The molecule has 3 aromatic rings. The van der Waals surface area contributed by atoms with Gasteiger partial charge in [0, 0.05) is 12.2 Å². The highest BCUT2D eigenvalue weighted by molar-refractivity contribution is 7.92. The minimum Gasteiger partial charge on any atom is -0.324 e. The van der Waals surface area contributed by atoms with E-state index >= 15 is 0 Å². The number of rotatable bonds is 6. The predicted molar refractivity (Wildman–Crippen MR) is 124 cm³/mol. The van der Waals surface area contributed by atoms with Crippen molar-refractivity contribution >= 4 is 72.1 Å². The largest absolute Gasteiger partial charge is 0.324 e. The van der Waals surface area contributed by atoms with Gasteiger partial charge in [0.25, 0.3) is 0 Å². The highest BCUT2D eigenvalue weighted by Crippen LogP contribution is 2.30. The molecule has 3 rings (SSSR count). The molecule has 1 amide bonds. The van der Waals surface area contributed by atoms with Crippen LogP contribution in [0.3, 0.4) is 0 Å². The Morgan fingerprint density at radius 1 is 1.20 bits per heavy atom. The average Bonchev–Trinajstić information content (AvgIpc) is 2.97. The summed E-state index contributed by atoms with van der Waals surface area (Å²) in [6.45, 7) is 3.91. The van der Waals surface area contributed by atoms with Crippen LogP contribution in [0, 0.1) is 0 Å². The Bertz CT molecular complexity index is 1280. The number of aryl methyl sites for hydroxylation is 1. The summed E-state index contributed by atoms with van der Waals surface area (Å²) in [7, 11) is -3.80. The van der Waals surface area contributed by atoms with Gasteiger partial charge in [0.2, 0.25) is 15.9 Å². The van der Waals surface area contributed by atoms with E-state index in [1.807, 2.05) is 6.92 Å². The van der Waals surface area contributed by atoms with E-state index < -0.39 is 22.0 Å². The second kappa shape index (κ2) is 8.58. The van der Waals surface area contributed by atoms with Crippen LogP contribution in [-0.4, -0.2) is 31.2 Å². The average molecular weight is 488 g/mol. The van der Waals surface area contributed by atoms with Crippen LogP contribution >= 0.6 is 34.5 Å². The molecule has 0 aliphatic carbocycles. The van der Waals surface area contributed by atoms with E-state index in [-0.39, 0.29) is 20.6 Å². The van der Waals surface area contributed by atoms with Crippen LogP contribution in [-0.2, 0) is 21.4 Å². The van der Waals surface area contributed by atoms with E-state index in [2.05, 4.69) is 5.32 Å². The number of thiazole rings is 1. The number of sulfonamides is 1. The van der Waals surface area contributed by atoms with Gasteiger partial charge in [-0.2, -0.15) is 0 Å². The molecule has 1 unspecified atom stereocenters. The van der Waals surface area contributed by atoms with Crippen molar-refractivity contribution in [2.24, 2.45) is 0 Å². The molecule has 0 saturated carbocycles. The van der Waals surface area contributed by atoms with Gasteiger partial charge in [0.1, 0.15) is 6.04 Å². The number of carbonyl (C=O) groups excluding carboxylic acids is 1. The fourth-order valence-electron chi connectivity index (χ4n) is 3.12. The first kappa shape index (κ1) is 22.6. The monoisotopic (exact) mass is 487 g/mol. The first-order valence-electron chi connectivity index (χ1n) is 8.91. The number of hydrogen-bond donors (Lipinski definition) is 1. The first-order chi connectivity index (χ1) is 14.0. The number of amides is 1. The Morgan fingerprint density at radius 2 is 1.90 bits per heavy atom. The van der Waals surface area contributed by atoms with Crippen LogP contribution in [0.5, 0.6) is 0 Å². The van der Waals surface area contributed by atoms with Crippen LogP contribution in [0.1, 0.15) is 13.8 Å². The van der Waals surface area contributed by atoms with E-state index in [9.17, 15) is 18.0 Å². The topological polar surface area (TPSA) is 88.5 Å². The molecule has 0 bridgehead atoms. The van der Waals surface area contributed by atoms with Gasteiger partial charge in [-0.05, 0) is 50.2 Å². The van der Waals surface area contributed by atoms with Gasteiger partial charge in [0.15, 0.2) is 0 Å². The molecule has 2 aromatic carbocycles. The Hall–Kier alpha value is -2.07. The minimum absolute atomic E-state index is 0.0767. The quantitative estimate of drug-likeness (QED) is 0.564. The lowest BCUT2D eigenvalue weighted by Gasteiger charge is -2.28. The van der Waals surface area contributed by atoms with Crippen LogP contribution in [0.25, 0.3) is 10.2 Å². The van der Waals surface area contributed by atoms with Gasteiger partial charge in [-0.3, -0.25) is 18.5 Å². The van der Waals surface area contributed by atoms with Crippen molar-refractivity contribution in [2.75, 3.05) is 15.9 Å². The third kappa shape index (κ3) is 4.49. The van der Waals surface area contributed by atoms with Crippen LogP contribution < -0.4 is 14.5 Å². The molecule has 30 heavy (non-hydrogen) atoms. The molecule has 1 atom stereocenters. The number of nitrogens with one attached hydrogen (secondary N) is 1. The van der Waals surface area contributed by atoms with E-state index in [0.717, 1.165) is 32.1 Å². The van der Waals surface area contributed by atoms with Gasteiger partial charge in [-0.25, -0.2) is 8.42 Å². The van der Waals surface area contributed by atoms with Crippen LogP contribution in [0.4, 0.5) is 11.4 Å². The smallest absolute Gasteiger partial charge is 0.308 e. The maximum atomic E-state index is 12.9. The predicted octanol–water partition coefficient (Wildman–Crippen LogP) is 4.18. The molecule has 0 aliphatic rings. The number of hydrogen-bond acceptors (Lipinski definition) is 5. The Kier molecular flexibility index (Phi) is 6.47. The maximum absolute atomic E-state index is 12.9. The Labute approximate surface area is 187 Å². The fraction of sp³-hybridized carbons (Fsp3) is 0.263. The zero-order valence-corrected chi connectivity index (χ0v) is 19.5. The number of carbonyl (C=O) groups is 1. The van der Waals surface area contributed by atoms with E-state index in [0.29, 0.717) is 12.2 Å². The molecular weight excluding hydrogens is 469 g/mol. The van der Waals surface area contributed by atoms with E-state index in [1.165, 1.54) is 25.1 Å². The SMILES string of the molecule is CCn1c(=O)sc2cc(NC(=O)C(C)N(c3ccc(Cl)c(Cl)c3)S(C)(=O)=O)ccc21. The molecule has 1 heterocycles. The summed E-state index contributed by atoms with van der Waals surface area (Å²) in [6, 6.07) is 8.41. The molecule has 0 saturated heterocycles. The van der Waals surface area contributed by atoms with Crippen LogP contribution in [0.15, 0.2) is 41.2 Å². The molecule has 0 fully saturated rings. The molecule has 160 valence electrons. The lowest BCUT2D eigenvalue weighted by Crippen LogP contribution is -2.45. The van der Waals surface area contributed by atoms with Crippen molar-refractivity contribution in [3.63, 3.8) is 0 Å². The lowest BCUT2D eigenvalue weighted by atomic mass is 10.2. The molecule has 1 aromatic heterocycles. The second-order valence-electron chi connectivity index (χ2n) is 6.62. The van der Waals surface area contributed by atoms with Gasteiger partial charge >= 0.3 is 4.87 Å². The summed E-state index contributed by atoms with van der Waals surface area (Å²) in [6.07, 6.45) is 1.01. The highest BCUT2D eigenvalue weighted by Gasteiger charge is 2.29. The standard InChI is InChI=1S/C19H19Cl2N3O4S2/c1-4-23-16-8-5-12(9-17(16)29-19(23)26)22-18(25)11(2)24(30(3,27)28)13-6-7-14(20)15(21)10-13/h5-11H,4H2,1-3H3,(H,22,25). The van der Waals surface area contributed by atoms with Gasteiger partial charge in [0.05, 0.1) is 32.2 Å². The summed E-state index contributed by atoms with van der Waals surface area (Å²) in [5.41, 5.74) is 1.47. The fourth-order valence-corrected chi connectivity index (χ4v) is 5.57. The van der Waals surface area contributed by atoms with Gasteiger partial charge in [-0.1, -0.05) is 34.5 Å². The van der Waals surface area contributed by atoms with Crippen molar-refractivity contribution in [1.82, 2.24) is 4.57 Å². The molecular formula is C19H19Cl2N3O4S2. The van der Waals surface area contributed by atoms with E-state index in [4.69, 9.17) is 23.2 Å². The van der Waals surface area contributed by atoms with Crippen molar-refractivity contribution in [3.8, 4) is 0 Å². The number of benzene rings is 2. The third-order valence-electron chi connectivity index (χ3n) is 4.50. The number of fused-ring (bicyclic) bond motifs is 1. The van der Waals surface area contributed by atoms with Crippen molar-refractivity contribution in [3.05, 3.63) is 56.1 Å². The first-order valence-corrected chi connectivity index (χ1v) is 12.3. The maximum Gasteiger partial charge on any atom is 0.308 e. The number of aromatic nitrogens is 1. The number of halogens is 2. The number of anilines is 2. The molecule has 7 nitrogen and oxygen atoms in total. The summed E-state index contributed by atoms with van der Waals surface area (Å²) in [5.74, 6) is -0.534. The highest BCUT2D eigenvalue weighted by atomic mass is 35.5. The molecule has 11 heteroatoms. The van der Waals surface area contributed by atoms with Gasteiger partial charge in [-0.15, -0.1) is 0 Å². The molecule has 0 radical (unpaired) electrons. The van der Waals surface area contributed by atoms with Crippen molar-refractivity contribution < 1.29 is 13.2 Å². The van der Waals surface area contributed by atoms with Crippen molar-refractivity contribution in [2.45, 2.75) is 26.4 Å². The van der Waals surface area contributed by atoms with E-state index in [1.54, 1.807) is 22.8 Å². The third-order valence-corrected chi connectivity index (χ3v) is 7.42. The summed E-state index contributed by atoms with van der Waals surface area (Å²) < 4.78 is 28.2. The number of nitrogens with zero attached hydrogens (tertiary/aromatic N) is 2. The zero-order chi connectivity index (χ0) is 22.2. The Morgan fingerprint density at radius 3 is 2.50 bits per heavy atom. The summed E-state index contributed by atoms with van der Waals surface area (Å²) in [5, 5.41) is 3.17. The Balaban J connectivity index is 1.91. The minimum atomic E-state index is -3.80. The van der Waals surface area contributed by atoms with Crippen molar-refractivity contribution in [1.29, 1.82) is 0 Å². The molecule has 1 N–H and O–H groups in total.